The number of rotatable bonds is 5. The van der Waals surface area contributed by atoms with Crippen LogP contribution in [0.1, 0.15) is 37.8 Å². The Bertz CT molecular complexity index is 1230. The number of halogens is 2. The van der Waals surface area contributed by atoms with Gasteiger partial charge in [-0.3, -0.25) is 9.59 Å². The summed E-state index contributed by atoms with van der Waals surface area (Å²) in [6.07, 6.45) is 1.26. The SMILES string of the molecule is Cc1c(CC(=O)NC(C)C)c(-c2ccc(F)c(Cl)c2)nc2ccc(N3CCC(=O)CC3)cc12. The van der Waals surface area contributed by atoms with Crippen LogP contribution in [0.3, 0.4) is 0 Å². The van der Waals surface area contributed by atoms with Crippen molar-refractivity contribution in [2.75, 3.05) is 18.0 Å². The van der Waals surface area contributed by atoms with Crippen molar-refractivity contribution in [2.45, 2.75) is 46.1 Å². The summed E-state index contributed by atoms with van der Waals surface area (Å²) < 4.78 is 13.8. The first-order valence-corrected chi connectivity index (χ1v) is 11.6. The quantitative estimate of drug-likeness (QED) is 0.557. The summed E-state index contributed by atoms with van der Waals surface area (Å²) in [5.74, 6) is -0.304. The molecule has 172 valence electrons. The average molecular weight is 468 g/mol. The van der Waals surface area contributed by atoms with Gasteiger partial charge in [-0.1, -0.05) is 11.6 Å². The number of piperidine rings is 1. The summed E-state index contributed by atoms with van der Waals surface area (Å²) in [7, 11) is 0. The largest absolute Gasteiger partial charge is 0.371 e. The van der Waals surface area contributed by atoms with Gasteiger partial charge in [0.25, 0.3) is 0 Å². The van der Waals surface area contributed by atoms with E-state index in [2.05, 4.69) is 16.3 Å². The van der Waals surface area contributed by atoms with Gasteiger partial charge in [-0.2, -0.15) is 0 Å². The molecule has 7 heteroatoms. The van der Waals surface area contributed by atoms with Gasteiger partial charge in [-0.05, 0) is 68.3 Å². The molecule has 0 aliphatic carbocycles. The predicted octanol–water partition coefficient (Wildman–Crippen LogP) is 5.24. The number of carbonyl (C=O) groups excluding carboxylic acids is 2. The van der Waals surface area contributed by atoms with Crippen molar-refractivity contribution < 1.29 is 14.0 Å². The molecule has 1 aliphatic rings. The van der Waals surface area contributed by atoms with Crippen molar-refractivity contribution in [3.05, 3.63) is 58.4 Å². The Morgan fingerprint density at radius 3 is 2.58 bits per heavy atom. The smallest absolute Gasteiger partial charge is 0.224 e. The first-order valence-electron chi connectivity index (χ1n) is 11.2. The number of anilines is 1. The van der Waals surface area contributed by atoms with Crippen molar-refractivity contribution in [1.29, 1.82) is 0 Å². The number of nitrogens with one attached hydrogen (secondary N) is 1. The molecule has 1 amide bonds. The number of aromatic nitrogens is 1. The van der Waals surface area contributed by atoms with Gasteiger partial charge in [-0.25, -0.2) is 9.37 Å². The van der Waals surface area contributed by atoms with Gasteiger partial charge < -0.3 is 10.2 Å². The number of aryl methyl sites for hydroxylation is 1. The Kier molecular flexibility index (Phi) is 6.66. The van der Waals surface area contributed by atoms with Gasteiger partial charge in [0.15, 0.2) is 0 Å². The maximum absolute atomic E-state index is 13.8. The van der Waals surface area contributed by atoms with Crippen LogP contribution in [0.4, 0.5) is 10.1 Å². The maximum atomic E-state index is 13.8. The predicted molar refractivity (Wildman–Crippen MR) is 130 cm³/mol. The highest BCUT2D eigenvalue weighted by atomic mass is 35.5. The molecule has 0 bridgehead atoms. The second-order valence-corrected chi connectivity index (χ2v) is 9.23. The number of hydrogen-bond donors (Lipinski definition) is 1. The molecule has 1 aromatic heterocycles. The van der Waals surface area contributed by atoms with Crippen LogP contribution < -0.4 is 10.2 Å². The van der Waals surface area contributed by atoms with E-state index in [1.165, 1.54) is 6.07 Å². The first kappa shape index (κ1) is 23.2. The Balaban J connectivity index is 1.83. The molecule has 0 radical (unpaired) electrons. The zero-order valence-electron chi connectivity index (χ0n) is 19.0. The number of amides is 1. The van der Waals surface area contributed by atoms with Crippen LogP contribution in [0, 0.1) is 12.7 Å². The van der Waals surface area contributed by atoms with E-state index in [0.717, 1.165) is 27.7 Å². The number of fused-ring (bicyclic) bond motifs is 1. The highest BCUT2D eigenvalue weighted by Crippen LogP contribution is 2.34. The van der Waals surface area contributed by atoms with Crippen molar-refractivity contribution in [3.63, 3.8) is 0 Å². The number of benzene rings is 2. The van der Waals surface area contributed by atoms with E-state index in [-0.39, 0.29) is 23.4 Å². The standard InChI is InChI=1S/C26H27ClFN3O2/c1-15(2)29-25(33)14-21-16(3)20-13-18(31-10-8-19(32)9-11-31)5-7-24(20)30-26(21)17-4-6-23(28)22(27)12-17/h4-7,12-13,15H,8-11,14H2,1-3H3,(H,29,33). The van der Waals surface area contributed by atoms with Crippen LogP contribution in [0.5, 0.6) is 0 Å². The lowest BCUT2D eigenvalue weighted by molar-refractivity contribution is -0.121. The third kappa shape index (κ3) is 5.01. The molecule has 3 aromatic rings. The Morgan fingerprint density at radius 2 is 1.91 bits per heavy atom. The van der Waals surface area contributed by atoms with Crippen LogP contribution in [0.15, 0.2) is 36.4 Å². The monoisotopic (exact) mass is 467 g/mol. The fourth-order valence-electron chi connectivity index (χ4n) is 4.29. The average Bonchev–Trinajstić information content (AvgIpc) is 2.77. The lowest BCUT2D eigenvalue weighted by atomic mass is 9.94. The van der Waals surface area contributed by atoms with Crippen LogP contribution >= 0.6 is 11.6 Å². The van der Waals surface area contributed by atoms with Gasteiger partial charge in [0.1, 0.15) is 11.6 Å². The van der Waals surface area contributed by atoms with E-state index >= 15 is 0 Å². The molecule has 5 nitrogen and oxygen atoms in total. The summed E-state index contributed by atoms with van der Waals surface area (Å²) in [5, 5.41) is 3.91. The van der Waals surface area contributed by atoms with Crippen LogP contribution in [0.25, 0.3) is 22.2 Å². The number of hydrogen-bond acceptors (Lipinski definition) is 4. The fourth-order valence-corrected chi connectivity index (χ4v) is 4.47. The molecule has 1 aliphatic heterocycles. The summed E-state index contributed by atoms with van der Waals surface area (Å²) in [6, 6.07) is 10.6. The molecular formula is C26H27ClFN3O2. The van der Waals surface area contributed by atoms with E-state index < -0.39 is 5.82 Å². The second-order valence-electron chi connectivity index (χ2n) is 8.82. The van der Waals surface area contributed by atoms with Gasteiger partial charge in [0, 0.05) is 48.6 Å². The van der Waals surface area contributed by atoms with Gasteiger partial charge in [0.2, 0.25) is 5.91 Å². The molecule has 0 saturated carbocycles. The maximum Gasteiger partial charge on any atom is 0.224 e. The normalized spacial score (nSPS) is 14.2. The highest BCUT2D eigenvalue weighted by molar-refractivity contribution is 6.31. The number of nitrogens with zero attached hydrogens (tertiary/aromatic N) is 2. The molecule has 2 heterocycles. The Labute approximate surface area is 197 Å². The molecule has 0 unspecified atom stereocenters. The van der Waals surface area contributed by atoms with Crippen LogP contribution in [0.2, 0.25) is 5.02 Å². The molecule has 2 aromatic carbocycles. The van der Waals surface area contributed by atoms with Crippen molar-refractivity contribution in [1.82, 2.24) is 10.3 Å². The molecular weight excluding hydrogens is 441 g/mol. The second kappa shape index (κ2) is 9.48. The lowest BCUT2D eigenvalue weighted by Gasteiger charge is -2.28. The zero-order valence-corrected chi connectivity index (χ0v) is 19.8. The van der Waals surface area contributed by atoms with Gasteiger partial charge in [0.05, 0.1) is 22.7 Å². The van der Waals surface area contributed by atoms with Crippen LogP contribution in [-0.2, 0) is 16.0 Å². The highest BCUT2D eigenvalue weighted by Gasteiger charge is 2.21. The third-order valence-corrected chi connectivity index (χ3v) is 6.31. The summed E-state index contributed by atoms with van der Waals surface area (Å²) in [6.45, 7) is 7.22. The Morgan fingerprint density at radius 1 is 1.18 bits per heavy atom. The number of pyridine rings is 1. The number of ketones is 1. The van der Waals surface area contributed by atoms with Gasteiger partial charge in [-0.15, -0.1) is 0 Å². The number of carbonyl (C=O) groups is 2. The van der Waals surface area contributed by atoms with E-state index in [4.69, 9.17) is 16.6 Å². The minimum atomic E-state index is -0.498. The summed E-state index contributed by atoms with van der Waals surface area (Å²) in [5.41, 5.74) is 4.84. The zero-order chi connectivity index (χ0) is 23.7. The van der Waals surface area contributed by atoms with Crippen molar-refractivity contribution in [2.24, 2.45) is 0 Å². The molecule has 33 heavy (non-hydrogen) atoms. The van der Waals surface area contributed by atoms with Crippen molar-refractivity contribution in [3.8, 4) is 11.3 Å². The van der Waals surface area contributed by atoms with Crippen LogP contribution in [-0.4, -0.2) is 35.8 Å². The number of Topliss-reactive ketones (excluding diaryl/α,β-unsaturated/α-hetero) is 1. The fraction of sp³-hybridized carbons (Fsp3) is 0.346. The molecule has 1 fully saturated rings. The van der Waals surface area contributed by atoms with E-state index in [1.807, 2.05) is 32.9 Å². The van der Waals surface area contributed by atoms with E-state index in [1.54, 1.807) is 12.1 Å². The third-order valence-electron chi connectivity index (χ3n) is 6.02. The Hall–Kier alpha value is -2.99. The summed E-state index contributed by atoms with van der Waals surface area (Å²) >= 11 is 6.05. The minimum absolute atomic E-state index is 0.0135. The molecule has 0 atom stereocenters. The lowest BCUT2D eigenvalue weighted by Crippen LogP contribution is -2.33. The minimum Gasteiger partial charge on any atom is -0.371 e. The molecule has 1 saturated heterocycles. The van der Waals surface area contributed by atoms with E-state index in [0.29, 0.717) is 43.0 Å². The molecule has 0 spiro atoms. The van der Waals surface area contributed by atoms with Gasteiger partial charge >= 0.3 is 0 Å². The topological polar surface area (TPSA) is 62.3 Å². The molecule has 1 N–H and O–H groups in total. The summed E-state index contributed by atoms with van der Waals surface area (Å²) in [4.78, 5) is 31.4. The first-order chi connectivity index (χ1) is 15.7. The van der Waals surface area contributed by atoms with Crippen molar-refractivity contribution >= 4 is 39.9 Å². The van der Waals surface area contributed by atoms with E-state index in [9.17, 15) is 14.0 Å². The molecule has 4 rings (SSSR count).